The summed E-state index contributed by atoms with van der Waals surface area (Å²) < 4.78 is 31.6. The molecule has 144 valence electrons. The molecule has 2 rings (SSSR count). The fourth-order valence-electron chi connectivity index (χ4n) is 2.28. The van der Waals surface area contributed by atoms with Crippen molar-refractivity contribution in [1.29, 1.82) is 0 Å². The first-order chi connectivity index (χ1) is 12.6. The molecule has 27 heavy (non-hydrogen) atoms. The number of non-ortho nitro benzene ring substituents is 1. The first kappa shape index (κ1) is 20.9. The number of sulfonamides is 1. The van der Waals surface area contributed by atoms with E-state index in [1.807, 2.05) is 0 Å². The van der Waals surface area contributed by atoms with Gasteiger partial charge >= 0.3 is 5.97 Å². The molecule has 0 aromatic heterocycles. The van der Waals surface area contributed by atoms with E-state index in [0.717, 1.165) is 23.5 Å². The van der Waals surface area contributed by atoms with Gasteiger partial charge in [0.15, 0.2) is 0 Å². The molecule has 8 nitrogen and oxygen atoms in total. The van der Waals surface area contributed by atoms with Crippen LogP contribution in [-0.4, -0.2) is 33.0 Å². The van der Waals surface area contributed by atoms with Crippen LogP contribution in [-0.2, 0) is 19.6 Å². The highest BCUT2D eigenvalue weighted by Gasteiger charge is 2.29. The first-order valence-electron chi connectivity index (χ1n) is 7.37. The highest BCUT2D eigenvalue weighted by Crippen LogP contribution is 2.32. The van der Waals surface area contributed by atoms with Crippen molar-refractivity contribution in [2.24, 2.45) is 0 Å². The average Bonchev–Trinajstić information content (AvgIpc) is 2.61. The van der Waals surface area contributed by atoms with Crippen molar-refractivity contribution < 1.29 is 22.9 Å². The van der Waals surface area contributed by atoms with Crippen LogP contribution in [0.15, 0.2) is 41.3 Å². The van der Waals surface area contributed by atoms with E-state index in [1.165, 1.54) is 31.2 Å². The molecule has 0 N–H and O–H groups in total. The molecule has 0 heterocycles. The minimum atomic E-state index is -4.23. The summed E-state index contributed by atoms with van der Waals surface area (Å²) in [6, 6.07) is 7.33. The summed E-state index contributed by atoms with van der Waals surface area (Å²) in [5.74, 6) is -0.809. The fourth-order valence-corrected chi connectivity index (χ4v) is 4.14. The van der Waals surface area contributed by atoms with Crippen molar-refractivity contribution in [3.63, 3.8) is 0 Å². The van der Waals surface area contributed by atoms with Crippen LogP contribution in [0.25, 0.3) is 0 Å². The van der Waals surface area contributed by atoms with E-state index in [2.05, 4.69) is 4.74 Å². The maximum absolute atomic E-state index is 13.1. The number of carbonyl (C=O) groups is 1. The van der Waals surface area contributed by atoms with Crippen molar-refractivity contribution in [3.8, 4) is 0 Å². The number of benzene rings is 2. The quantitative estimate of drug-likeness (QED) is 0.392. The Kier molecular flexibility index (Phi) is 6.30. The lowest BCUT2D eigenvalue weighted by molar-refractivity contribution is -0.384. The van der Waals surface area contributed by atoms with Gasteiger partial charge in [-0.05, 0) is 36.8 Å². The minimum absolute atomic E-state index is 0.0242. The molecule has 0 aliphatic rings. The molecule has 0 atom stereocenters. The summed E-state index contributed by atoms with van der Waals surface area (Å²) in [6.07, 6.45) is 0. The molecule has 0 spiro atoms. The second-order valence-corrected chi connectivity index (χ2v) is 8.07. The number of aryl methyl sites for hydroxylation is 1. The largest absolute Gasteiger partial charge is 0.468 e. The number of nitro benzene ring substituents is 1. The van der Waals surface area contributed by atoms with Crippen LogP contribution in [0.3, 0.4) is 0 Å². The predicted molar refractivity (Wildman–Crippen MR) is 101 cm³/mol. The summed E-state index contributed by atoms with van der Waals surface area (Å²) in [5.41, 5.74) is 0.176. The molecule has 0 saturated carbocycles. The van der Waals surface area contributed by atoms with Gasteiger partial charge in [-0.25, -0.2) is 8.42 Å². The number of esters is 1. The van der Waals surface area contributed by atoms with E-state index >= 15 is 0 Å². The molecule has 0 radical (unpaired) electrons. The van der Waals surface area contributed by atoms with E-state index in [-0.39, 0.29) is 31.9 Å². The van der Waals surface area contributed by atoms with Gasteiger partial charge in [0.05, 0.1) is 32.7 Å². The molecular weight excluding hydrogens is 419 g/mol. The first-order valence-corrected chi connectivity index (χ1v) is 9.57. The normalized spacial score (nSPS) is 11.1. The third-order valence-electron chi connectivity index (χ3n) is 3.64. The molecule has 0 unspecified atom stereocenters. The van der Waals surface area contributed by atoms with Gasteiger partial charge in [0.2, 0.25) is 0 Å². The number of halogens is 2. The number of nitrogens with zero attached hydrogens (tertiary/aromatic N) is 2. The van der Waals surface area contributed by atoms with E-state index in [1.54, 1.807) is 0 Å². The number of anilines is 1. The molecule has 0 aliphatic heterocycles. The van der Waals surface area contributed by atoms with E-state index in [9.17, 15) is 23.3 Å². The van der Waals surface area contributed by atoms with Gasteiger partial charge in [-0.3, -0.25) is 19.2 Å². The lowest BCUT2D eigenvalue weighted by atomic mass is 10.2. The van der Waals surface area contributed by atoms with Crippen LogP contribution in [0, 0.1) is 17.0 Å². The number of rotatable bonds is 6. The number of carbonyl (C=O) groups excluding carboxylic acids is 1. The molecule has 0 amide bonds. The van der Waals surface area contributed by atoms with Gasteiger partial charge in [-0.15, -0.1) is 0 Å². The molecule has 0 bridgehead atoms. The third-order valence-corrected chi connectivity index (χ3v) is 6.13. The zero-order chi connectivity index (χ0) is 20.4. The van der Waals surface area contributed by atoms with Gasteiger partial charge in [-0.1, -0.05) is 23.2 Å². The lowest BCUT2D eigenvalue weighted by Crippen LogP contribution is -2.36. The molecule has 0 aliphatic carbocycles. The SMILES string of the molecule is COC(=O)CN(c1ccc([N+](=O)[O-])cc1C)S(=O)(=O)c1ccc(Cl)c(Cl)c1. The number of methoxy groups -OCH3 is 1. The van der Waals surface area contributed by atoms with Crippen LogP contribution >= 0.6 is 23.2 Å². The van der Waals surface area contributed by atoms with Gasteiger partial charge in [-0.2, -0.15) is 0 Å². The van der Waals surface area contributed by atoms with Crippen LogP contribution in [0.1, 0.15) is 5.56 Å². The third kappa shape index (κ3) is 4.49. The average molecular weight is 433 g/mol. The topological polar surface area (TPSA) is 107 Å². The zero-order valence-electron chi connectivity index (χ0n) is 14.2. The summed E-state index contributed by atoms with van der Waals surface area (Å²) in [7, 11) is -3.11. The number of hydrogen-bond acceptors (Lipinski definition) is 6. The van der Waals surface area contributed by atoms with Gasteiger partial charge < -0.3 is 4.74 Å². The smallest absolute Gasteiger partial charge is 0.326 e. The highest BCUT2D eigenvalue weighted by molar-refractivity contribution is 7.92. The molecular formula is C16H14Cl2N2O6S. The summed E-state index contributed by atoms with van der Waals surface area (Å²) in [4.78, 5) is 21.9. The Hall–Kier alpha value is -2.36. The van der Waals surface area contributed by atoms with Crippen LogP contribution in [0.2, 0.25) is 10.0 Å². The highest BCUT2D eigenvalue weighted by atomic mass is 35.5. The molecule has 2 aromatic rings. The van der Waals surface area contributed by atoms with Crippen molar-refractivity contribution >= 4 is 50.6 Å². The van der Waals surface area contributed by atoms with Crippen molar-refractivity contribution in [3.05, 3.63) is 62.1 Å². The van der Waals surface area contributed by atoms with Gasteiger partial charge in [0.25, 0.3) is 15.7 Å². The van der Waals surface area contributed by atoms with Crippen molar-refractivity contribution in [2.45, 2.75) is 11.8 Å². The van der Waals surface area contributed by atoms with Crippen LogP contribution in [0.4, 0.5) is 11.4 Å². The Morgan fingerprint density at radius 1 is 1.19 bits per heavy atom. The van der Waals surface area contributed by atoms with E-state index < -0.39 is 27.5 Å². The number of hydrogen-bond donors (Lipinski definition) is 0. The second kappa shape index (κ2) is 8.12. The molecule has 0 fully saturated rings. The number of nitro groups is 1. The monoisotopic (exact) mass is 432 g/mol. The Morgan fingerprint density at radius 2 is 1.85 bits per heavy atom. The summed E-state index contributed by atoms with van der Waals surface area (Å²) >= 11 is 11.7. The molecule has 2 aromatic carbocycles. The lowest BCUT2D eigenvalue weighted by Gasteiger charge is -2.25. The minimum Gasteiger partial charge on any atom is -0.468 e. The maximum Gasteiger partial charge on any atom is 0.326 e. The maximum atomic E-state index is 13.1. The molecule has 0 saturated heterocycles. The summed E-state index contributed by atoms with van der Waals surface area (Å²) in [5, 5.41) is 11.1. The summed E-state index contributed by atoms with van der Waals surface area (Å²) in [6.45, 7) is 0.870. The van der Waals surface area contributed by atoms with Gasteiger partial charge in [0.1, 0.15) is 6.54 Å². The van der Waals surface area contributed by atoms with Gasteiger partial charge in [0, 0.05) is 12.1 Å². The Bertz CT molecular complexity index is 1010. The Morgan fingerprint density at radius 3 is 2.37 bits per heavy atom. The standard InChI is InChI=1S/C16H14Cl2N2O6S/c1-10-7-11(20(22)23)3-6-15(10)19(9-16(21)26-2)27(24,25)12-4-5-13(17)14(18)8-12/h3-8H,9H2,1-2H3. The predicted octanol–water partition coefficient (Wildman–Crippen LogP) is 3.58. The van der Waals surface area contributed by atoms with Crippen LogP contribution in [0.5, 0.6) is 0 Å². The Labute approximate surface area is 165 Å². The van der Waals surface area contributed by atoms with E-state index in [0.29, 0.717) is 0 Å². The Balaban J connectivity index is 2.62. The van der Waals surface area contributed by atoms with Crippen LogP contribution < -0.4 is 4.31 Å². The van der Waals surface area contributed by atoms with Crippen molar-refractivity contribution in [2.75, 3.05) is 18.0 Å². The molecule has 11 heteroatoms. The zero-order valence-corrected chi connectivity index (χ0v) is 16.5. The van der Waals surface area contributed by atoms with Crippen molar-refractivity contribution in [1.82, 2.24) is 0 Å². The van der Waals surface area contributed by atoms with E-state index in [4.69, 9.17) is 23.2 Å². The fraction of sp³-hybridized carbons (Fsp3) is 0.188. The second-order valence-electron chi connectivity index (χ2n) is 5.39. The number of ether oxygens (including phenoxy) is 1.